The van der Waals surface area contributed by atoms with Crippen molar-refractivity contribution in [3.8, 4) is 11.5 Å². The molecule has 0 aromatic heterocycles. The summed E-state index contributed by atoms with van der Waals surface area (Å²) in [6.07, 6.45) is 0. The van der Waals surface area contributed by atoms with E-state index < -0.39 is 12.0 Å². The molecule has 2 aromatic carbocycles. The van der Waals surface area contributed by atoms with Gasteiger partial charge in [-0.3, -0.25) is 0 Å². The number of ether oxygens (including phenoxy) is 3. The van der Waals surface area contributed by atoms with Crippen LogP contribution in [0.5, 0.6) is 11.5 Å². The SMILES string of the molecule is CCOC(=O)C1=C(C)NC(=O)NC1c1ccc(OC)c(OCc2ccc(C)cc2)c1. The van der Waals surface area contributed by atoms with Crippen molar-refractivity contribution in [3.05, 3.63) is 70.4 Å². The molecule has 1 aliphatic heterocycles. The lowest BCUT2D eigenvalue weighted by Crippen LogP contribution is -2.45. The van der Waals surface area contributed by atoms with Crippen LogP contribution < -0.4 is 20.1 Å². The fourth-order valence-corrected chi connectivity index (χ4v) is 3.25. The van der Waals surface area contributed by atoms with Crippen molar-refractivity contribution in [1.29, 1.82) is 0 Å². The zero-order chi connectivity index (χ0) is 21.7. The Kier molecular flexibility index (Phi) is 6.61. The van der Waals surface area contributed by atoms with Crippen molar-refractivity contribution in [3.63, 3.8) is 0 Å². The molecule has 0 bridgehead atoms. The summed E-state index contributed by atoms with van der Waals surface area (Å²) in [5, 5.41) is 5.42. The van der Waals surface area contributed by atoms with Gasteiger partial charge in [0.05, 0.1) is 25.3 Å². The first-order valence-electron chi connectivity index (χ1n) is 9.74. The van der Waals surface area contributed by atoms with Crippen LogP contribution in [0.4, 0.5) is 4.79 Å². The van der Waals surface area contributed by atoms with E-state index in [1.54, 1.807) is 39.2 Å². The van der Waals surface area contributed by atoms with Crippen LogP contribution in [0.25, 0.3) is 0 Å². The lowest BCUT2D eigenvalue weighted by atomic mass is 9.95. The van der Waals surface area contributed by atoms with Crippen LogP contribution in [0.1, 0.15) is 36.6 Å². The van der Waals surface area contributed by atoms with Crippen LogP contribution >= 0.6 is 0 Å². The number of benzene rings is 2. The first-order valence-corrected chi connectivity index (χ1v) is 9.74. The fourth-order valence-electron chi connectivity index (χ4n) is 3.25. The van der Waals surface area contributed by atoms with E-state index >= 15 is 0 Å². The number of methoxy groups -OCH3 is 1. The molecule has 2 aromatic rings. The van der Waals surface area contributed by atoms with E-state index in [1.807, 2.05) is 31.2 Å². The molecule has 1 atom stereocenters. The van der Waals surface area contributed by atoms with E-state index in [0.717, 1.165) is 5.56 Å². The maximum absolute atomic E-state index is 12.5. The van der Waals surface area contributed by atoms with Gasteiger partial charge in [0, 0.05) is 5.70 Å². The molecule has 0 spiro atoms. The molecule has 7 nitrogen and oxygen atoms in total. The molecule has 158 valence electrons. The Labute approximate surface area is 176 Å². The van der Waals surface area contributed by atoms with Gasteiger partial charge in [0.25, 0.3) is 0 Å². The molecular weight excluding hydrogens is 384 g/mol. The summed E-state index contributed by atoms with van der Waals surface area (Å²) in [7, 11) is 1.56. The van der Waals surface area contributed by atoms with Crippen molar-refractivity contribution in [2.75, 3.05) is 13.7 Å². The van der Waals surface area contributed by atoms with Gasteiger partial charge in [-0.25, -0.2) is 9.59 Å². The third kappa shape index (κ3) is 4.74. The number of nitrogens with one attached hydrogen (secondary N) is 2. The van der Waals surface area contributed by atoms with Crippen LogP contribution in [0.15, 0.2) is 53.7 Å². The van der Waals surface area contributed by atoms with Crippen LogP contribution in [0, 0.1) is 6.92 Å². The highest BCUT2D eigenvalue weighted by atomic mass is 16.5. The molecule has 7 heteroatoms. The topological polar surface area (TPSA) is 85.9 Å². The number of allylic oxidation sites excluding steroid dienone is 1. The van der Waals surface area contributed by atoms with Gasteiger partial charge < -0.3 is 24.8 Å². The van der Waals surface area contributed by atoms with Gasteiger partial charge in [-0.15, -0.1) is 0 Å². The normalized spacial score (nSPS) is 15.9. The predicted octanol–water partition coefficient (Wildman–Crippen LogP) is 3.77. The molecule has 2 N–H and O–H groups in total. The van der Waals surface area contributed by atoms with Crippen molar-refractivity contribution >= 4 is 12.0 Å². The summed E-state index contributed by atoms with van der Waals surface area (Å²) in [5.74, 6) is 0.596. The van der Waals surface area contributed by atoms with E-state index in [2.05, 4.69) is 10.6 Å². The van der Waals surface area contributed by atoms with Crippen molar-refractivity contribution in [1.82, 2.24) is 10.6 Å². The highest BCUT2D eigenvalue weighted by Crippen LogP contribution is 2.35. The number of carbonyl (C=O) groups excluding carboxylic acids is 2. The van der Waals surface area contributed by atoms with Crippen molar-refractivity contribution < 1.29 is 23.8 Å². The monoisotopic (exact) mass is 410 g/mol. The maximum Gasteiger partial charge on any atom is 0.338 e. The molecule has 1 unspecified atom stereocenters. The highest BCUT2D eigenvalue weighted by Gasteiger charge is 2.32. The lowest BCUT2D eigenvalue weighted by Gasteiger charge is -2.28. The molecule has 0 radical (unpaired) electrons. The van der Waals surface area contributed by atoms with Gasteiger partial charge >= 0.3 is 12.0 Å². The largest absolute Gasteiger partial charge is 0.493 e. The minimum absolute atomic E-state index is 0.240. The van der Waals surface area contributed by atoms with Crippen LogP contribution in [-0.2, 0) is 16.1 Å². The first kappa shape index (κ1) is 21.2. The average Bonchev–Trinajstić information content (AvgIpc) is 2.72. The molecule has 3 rings (SSSR count). The van der Waals surface area contributed by atoms with Gasteiger partial charge in [-0.2, -0.15) is 0 Å². The third-order valence-electron chi connectivity index (χ3n) is 4.80. The second-order valence-corrected chi connectivity index (χ2v) is 6.98. The second kappa shape index (κ2) is 9.35. The summed E-state index contributed by atoms with van der Waals surface area (Å²) in [5.41, 5.74) is 3.69. The minimum atomic E-state index is -0.662. The molecule has 0 saturated heterocycles. The molecule has 0 saturated carbocycles. The number of hydrogen-bond acceptors (Lipinski definition) is 5. The van der Waals surface area contributed by atoms with E-state index in [-0.39, 0.29) is 12.6 Å². The Bertz CT molecular complexity index is 966. The Hall–Kier alpha value is -3.48. The molecule has 0 aliphatic carbocycles. The quantitative estimate of drug-likeness (QED) is 0.679. The third-order valence-corrected chi connectivity index (χ3v) is 4.80. The smallest absolute Gasteiger partial charge is 0.338 e. The van der Waals surface area contributed by atoms with Gasteiger partial charge in [0.1, 0.15) is 6.61 Å². The van der Waals surface area contributed by atoms with Crippen LogP contribution in [0.2, 0.25) is 0 Å². The van der Waals surface area contributed by atoms with Gasteiger partial charge in [0.15, 0.2) is 11.5 Å². The summed E-state index contributed by atoms with van der Waals surface area (Å²) in [6, 6.07) is 12.3. The molecular formula is C23H26N2O5. The zero-order valence-electron chi connectivity index (χ0n) is 17.6. The van der Waals surface area contributed by atoms with Gasteiger partial charge in [-0.1, -0.05) is 35.9 Å². The van der Waals surface area contributed by atoms with E-state index in [1.165, 1.54) is 5.56 Å². The highest BCUT2D eigenvalue weighted by molar-refractivity contribution is 5.95. The van der Waals surface area contributed by atoms with Crippen LogP contribution in [0.3, 0.4) is 0 Å². The number of amides is 2. The molecule has 30 heavy (non-hydrogen) atoms. The summed E-state index contributed by atoms with van der Waals surface area (Å²) >= 11 is 0. The predicted molar refractivity (Wildman–Crippen MR) is 112 cm³/mol. The van der Waals surface area contributed by atoms with Crippen molar-refractivity contribution in [2.24, 2.45) is 0 Å². The standard InChI is InChI=1S/C23H26N2O5/c1-5-29-22(26)20-15(3)24-23(27)25-21(20)17-10-11-18(28-4)19(12-17)30-13-16-8-6-14(2)7-9-16/h6-12,21H,5,13H2,1-4H3,(H2,24,25,27). The van der Waals surface area contributed by atoms with Gasteiger partial charge in [-0.05, 0) is 44.0 Å². The number of esters is 1. The zero-order valence-corrected chi connectivity index (χ0v) is 17.6. The molecule has 1 heterocycles. The van der Waals surface area contributed by atoms with E-state index in [0.29, 0.717) is 34.9 Å². The van der Waals surface area contributed by atoms with E-state index in [9.17, 15) is 9.59 Å². The number of carbonyl (C=O) groups is 2. The molecule has 2 amide bonds. The Morgan fingerprint density at radius 3 is 2.47 bits per heavy atom. The average molecular weight is 410 g/mol. The Morgan fingerprint density at radius 1 is 1.07 bits per heavy atom. The second-order valence-electron chi connectivity index (χ2n) is 6.98. The number of hydrogen-bond donors (Lipinski definition) is 2. The first-order chi connectivity index (χ1) is 14.4. The number of rotatable bonds is 7. The molecule has 1 aliphatic rings. The van der Waals surface area contributed by atoms with Crippen molar-refractivity contribution in [2.45, 2.75) is 33.4 Å². The number of aryl methyl sites for hydroxylation is 1. The molecule has 0 fully saturated rings. The maximum atomic E-state index is 12.5. The van der Waals surface area contributed by atoms with Crippen LogP contribution in [-0.4, -0.2) is 25.7 Å². The summed E-state index contributed by atoms with van der Waals surface area (Å²) < 4.78 is 16.6. The summed E-state index contributed by atoms with van der Waals surface area (Å²) in [4.78, 5) is 24.6. The van der Waals surface area contributed by atoms with Gasteiger partial charge in [0.2, 0.25) is 0 Å². The fraction of sp³-hybridized carbons (Fsp3) is 0.304. The lowest BCUT2D eigenvalue weighted by molar-refractivity contribution is -0.139. The minimum Gasteiger partial charge on any atom is -0.493 e. The summed E-state index contributed by atoms with van der Waals surface area (Å²) in [6.45, 7) is 6.04. The van der Waals surface area contributed by atoms with E-state index in [4.69, 9.17) is 14.2 Å². The Morgan fingerprint density at radius 2 is 1.80 bits per heavy atom. The Balaban J connectivity index is 1.91. The number of urea groups is 1.